The maximum Gasteiger partial charge on any atom is 0.407 e. The number of aromatic nitrogens is 4. The van der Waals surface area contributed by atoms with Gasteiger partial charge in [-0.3, -0.25) is 9.59 Å². The first-order valence-corrected chi connectivity index (χ1v) is 21.4. The molecule has 2 saturated heterocycles. The molecule has 0 bridgehead atoms. The Balaban J connectivity index is 0.990. The fourth-order valence-electron chi connectivity index (χ4n) is 9.29. The molecule has 2 aromatic heterocycles. The lowest BCUT2D eigenvalue weighted by Gasteiger charge is -2.30. The van der Waals surface area contributed by atoms with Crippen molar-refractivity contribution >= 4 is 24.0 Å². The summed E-state index contributed by atoms with van der Waals surface area (Å²) in [5.74, 6) is 2.70. The minimum Gasteiger partial charge on any atom is -0.457 e. The summed E-state index contributed by atoms with van der Waals surface area (Å²) >= 11 is 0. The second kappa shape index (κ2) is 16.7. The fraction of sp³-hybridized carbons (Fsp3) is 0.511. The molecule has 3 aliphatic heterocycles. The molecule has 1 aliphatic carbocycles. The van der Waals surface area contributed by atoms with Crippen LogP contribution in [-0.4, -0.2) is 93.1 Å². The van der Waals surface area contributed by atoms with Gasteiger partial charge in [0.05, 0.1) is 50.1 Å². The van der Waals surface area contributed by atoms with E-state index in [9.17, 15) is 19.2 Å². The summed E-state index contributed by atoms with van der Waals surface area (Å²) in [7, 11) is 2.61. The molecule has 4 amide bonds. The van der Waals surface area contributed by atoms with E-state index in [2.05, 4.69) is 44.9 Å². The number of methoxy groups -OCH3 is 2. The normalized spacial score (nSPS) is 20.6. The zero-order valence-electron chi connectivity index (χ0n) is 35.3. The number of rotatable bonds is 12. The molecule has 4 N–H and O–H groups in total. The molecule has 4 aliphatic rings. The van der Waals surface area contributed by atoms with Crippen LogP contribution in [0, 0.1) is 11.8 Å². The topological polar surface area (TPSA) is 184 Å². The molecule has 3 fully saturated rings. The predicted molar refractivity (Wildman–Crippen MR) is 223 cm³/mol. The van der Waals surface area contributed by atoms with E-state index in [-0.39, 0.29) is 41.1 Å². The number of imidazole rings is 2. The molecule has 318 valence electrons. The van der Waals surface area contributed by atoms with Crippen LogP contribution < -0.4 is 15.4 Å². The minimum atomic E-state index is -0.687. The van der Waals surface area contributed by atoms with Crippen molar-refractivity contribution in [2.24, 2.45) is 11.8 Å². The third-order valence-corrected chi connectivity index (χ3v) is 13.4. The van der Waals surface area contributed by atoms with Gasteiger partial charge in [0.25, 0.3) is 0 Å². The van der Waals surface area contributed by atoms with Crippen molar-refractivity contribution in [3.05, 3.63) is 71.6 Å². The summed E-state index contributed by atoms with van der Waals surface area (Å²) in [6.45, 7) is 9.10. The number of alkyl carbamates (subject to hydrolysis) is 2. The maximum absolute atomic E-state index is 13.8. The lowest BCUT2D eigenvalue weighted by molar-refractivity contribution is -0.136. The Hall–Kier alpha value is -5.86. The van der Waals surface area contributed by atoms with Crippen LogP contribution in [0.15, 0.2) is 48.8 Å². The molecule has 1 spiro atoms. The van der Waals surface area contributed by atoms with Gasteiger partial charge >= 0.3 is 12.2 Å². The van der Waals surface area contributed by atoms with Crippen molar-refractivity contribution in [3.63, 3.8) is 0 Å². The van der Waals surface area contributed by atoms with Gasteiger partial charge in [0.1, 0.15) is 35.2 Å². The average molecular weight is 821 g/mol. The van der Waals surface area contributed by atoms with Gasteiger partial charge in [-0.05, 0) is 74.6 Å². The van der Waals surface area contributed by atoms with Gasteiger partial charge in [-0.2, -0.15) is 0 Å². The minimum absolute atomic E-state index is 0.0631. The van der Waals surface area contributed by atoms with Gasteiger partial charge < -0.3 is 44.6 Å². The Morgan fingerprint density at radius 2 is 1.25 bits per heavy atom. The molecule has 0 radical (unpaired) electrons. The van der Waals surface area contributed by atoms with E-state index < -0.39 is 24.3 Å². The number of ether oxygens (including phenoxy) is 3. The number of aromatic amines is 2. The van der Waals surface area contributed by atoms with E-state index in [1.165, 1.54) is 14.2 Å². The second-order valence-corrected chi connectivity index (χ2v) is 16.8. The summed E-state index contributed by atoms with van der Waals surface area (Å²) < 4.78 is 16.3. The molecule has 15 heteroatoms. The molecule has 5 heterocycles. The molecule has 15 nitrogen and oxygen atoms in total. The first-order valence-electron chi connectivity index (χ1n) is 21.4. The summed E-state index contributed by atoms with van der Waals surface area (Å²) in [5, 5.41) is 5.52. The highest BCUT2D eigenvalue weighted by molar-refractivity contribution is 5.87. The highest BCUT2D eigenvalue weighted by Gasteiger charge is 2.52. The number of carbonyl (C=O) groups is 4. The molecule has 60 heavy (non-hydrogen) atoms. The number of hydrogen-bond acceptors (Lipinski definition) is 9. The number of hydrogen-bond donors (Lipinski definition) is 4. The molecular formula is C45H56N8O7. The van der Waals surface area contributed by atoms with E-state index in [1.807, 2.05) is 62.0 Å². The number of carbonyl (C=O) groups excluding carboxylic acids is 4. The Morgan fingerprint density at radius 3 is 1.73 bits per heavy atom. The number of likely N-dealkylation sites (tertiary alicyclic amines) is 2. The third-order valence-electron chi connectivity index (χ3n) is 13.4. The van der Waals surface area contributed by atoms with Gasteiger partial charge in [-0.25, -0.2) is 19.6 Å². The van der Waals surface area contributed by atoms with E-state index >= 15 is 0 Å². The summed E-state index contributed by atoms with van der Waals surface area (Å²) in [6.07, 6.45) is 9.12. The van der Waals surface area contributed by atoms with Crippen LogP contribution in [0.4, 0.5) is 9.59 Å². The lowest BCUT2D eigenvalue weighted by Crippen LogP contribution is -2.51. The number of fused-ring (bicyclic) bond motifs is 4. The first-order chi connectivity index (χ1) is 29.0. The number of nitrogens with one attached hydrogen (secondary N) is 4. The Labute approximate surface area is 350 Å². The molecule has 2 unspecified atom stereocenters. The SMILES string of the molecule is CCC(C)C(NC(=O)OC)C(=O)N1CCC[C@H]1c1ncc(-c2ccc3c(c2)Oc2ccc(-c4cnc([C@@H]5CCCN5C(=O)[C@@H](NC(=O)OC)[C@@H](C)CC)[nH]4)cc2C32CC2)[nH]1. The van der Waals surface area contributed by atoms with Gasteiger partial charge in [-0.15, -0.1) is 0 Å². The van der Waals surface area contributed by atoms with Crippen LogP contribution in [0.3, 0.4) is 0 Å². The Bertz CT molecular complexity index is 2260. The molecule has 4 aromatic rings. The lowest BCUT2D eigenvalue weighted by atomic mass is 9.83. The highest BCUT2D eigenvalue weighted by Crippen LogP contribution is 2.62. The number of benzene rings is 2. The van der Waals surface area contributed by atoms with E-state index in [0.29, 0.717) is 18.9 Å². The monoisotopic (exact) mass is 820 g/mol. The van der Waals surface area contributed by atoms with Crippen LogP contribution in [0.2, 0.25) is 0 Å². The van der Waals surface area contributed by atoms with Crippen LogP contribution in [-0.2, 0) is 24.5 Å². The largest absolute Gasteiger partial charge is 0.457 e. The zero-order chi connectivity index (χ0) is 42.3. The van der Waals surface area contributed by atoms with Crippen molar-refractivity contribution < 1.29 is 33.4 Å². The molecular weight excluding hydrogens is 765 g/mol. The van der Waals surface area contributed by atoms with E-state index in [4.69, 9.17) is 24.2 Å². The van der Waals surface area contributed by atoms with Gasteiger partial charge in [-0.1, -0.05) is 52.7 Å². The quantitative estimate of drug-likeness (QED) is 0.112. The average Bonchev–Trinajstić information content (AvgIpc) is 3.84. The number of amides is 4. The fourth-order valence-corrected chi connectivity index (χ4v) is 9.29. The van der Waals surface area contributed by atoms with Gasteiger partial charge in [0.2, 0.25) is 11.8 Å². The summed E-state index contributed by atoms with van der Waals surface area (Å²) in [4.78, 5) is 72.2. The zero-order valence-corrected chi connectivity index (χ0v) is 35.3. The van der Waals surface area contributed by atoms with E-state index in [1.54, 1.807) is 0 Å². The van der Waals surface area contributed by atoms with Crippen LogP contribution in [0.1, 0.15) is 114 Å². The van der Waals surface area contributed by atoms with Crippen molar-refractivity contribution in [2.45, 2.75) is 109 Å². The molecule has 1 saturated carbocycles. The van der Waals surface area contributed by atoms with Crippen molar-refractivity contribution in [1.82, 2.24) is 40.4 Å². The van der Waals surface area contributed by atoms with Crippen LogP contribution in [0.5, 0.6) is 11.5 Å². The molecule has 8 rings (SSSR count). The highest BCUT2D eigenvalue weighted by atomic mass is 16.5. The van der Waals surface area contributed by atoms with E-state index in [0.717, 1.165) is 102 Å². The molecule has 6 atom stereocenters. The van der Waals surface area contributed by atoms with Crippen LogP contribution >= 0.6 is 0 Å². The standard InChI is InChI=1S/C45H56N8O7/c1-7-25(3)37(50-43(56)58-5)41(54)52-19-9-11-33(52)39-46-23-31(48-39)27-14-16-35-30(21-27)45(17-18-45)29-15-13-28(22-36(29)60-35)32-24-47-40(49-32)34-12-10-20-53(34)42(55)38(26(4)8-2)51-44(57)59-6/h13-16,21-26,33-34,37-38H,7-12,17-20H2,1-6H3,(H,46,48)(H,47,49)(H,50,56)(H,51,57)/t25-,26?,33-,34-,37-,38?/m0/s1. The summed E-state index contributed by atoms with van der Waals surface area (Å²) in [6, 6.07) is 10.8. The van der Waals surface area contributed by atoms with Gasteiger partial charge in [0, 0.05) is 40.8 Å². The number of nitrogens with zero attached hydrogens (tertiary/aromatic N) is 4. The maximum atomic E-state index is 13.8. The second-order valence-electron chi connectivity index (χ2n) is 16.8. The van der Waals surface area contributed by atoms with Crippen LogP contribution in [0.25, 0.3) is 22.5 Å². The van der Waals surface area contributed by atoms with Gasteiger partial charge in [0.15, 0.2) is 0 Å². The predicted octanol–water partition coefficient (Wildman–Crippen LogP) is 7.52. The first kappa shape index (κ1) is 40.9. The number of H-pyrrole nitrogens is 2. The Kier molecular flexibility index (Phi) is 11.4. The molecule has 2 aromatic carbocycles. The third kappa shape index (κ3) is 7.47. The smallest absolute Gasteiger partial charge is 0.407 e. The van der Waals surface area contributed by atoms with Crippen molar-refractivity contribution in [2.75, 3.05) is 27.3 Å². The Morgan fingerprint density at radius 1 is 0.750 bits per heavy atom. The van der Waals surface area contributed by atoms with Crippen molar-refractivity contribution in [1.29, 1.82) is 0 Å². The van der Waals surface area contributed by atoms with Crippen molar-refractivity contribution in [3.8, 4) is 34.0 Å². The summed E-state index contributed by atoms with van der Waals surface area (Å²) in [5.41, 5.74) is 5.77.